The van der Waals surface area contributed by atoms with Gasteiger partial charge in [0.15, 0.2) is 0 Å². The maximum absolute atomic E-state index is 9.03. The lowest BCUT2D eigenvalue weighted by Gasteiger charge is -2.13. The van der Waals surface area contributed by atoms with Gasteiger partial charge in [-0.1, -0.05) is 0 Å². The van der Waals surface area contributed by atoms with Gasteiger partial charge in [-0.2, -0.15) is 5.26 Å². The molecule has 0 aliphatic heterocycles. The fourth-order valence-corrected chi connectivity index (χ4v) is 3.11. The van der Waals surface area contributed by atoms with E-state index in [2.05, 4.69) is 16.0 Å². The van der Waals surface area contributed by atoms with Crippen LogP contribution in [0.2, 0.25) is 0 Å². The largest absolute Gasteiger partial charge is 0.369 e. The van der Waals surface area contributed by atoms with Crippen LogP contribution in [0, 0.1) is 18.3 Å². The van der Waals surface area contributed by atoms with E-state index < -0.39 is 0 Å². The number of aromatic nitrogens is 3. The number of anilines is 1. The highest BCUT2D eigenvalue weighted by atomic mass is 32.1. The van der Waals surface area contributed by atoms with Crippen molar-refractivity contribution in [3.63, 3.8) is 0 Å². The molecule has 5 nitrogen and oxygen atoms in total. The van der Waals surface area contributed by atoms with Crippen LogP contribution in [-0.4, -0.2) is 14.5 Å². The van der Waals surface area contributed by atoms with E-state index in [1.54, 1.807) is 17.4 Å². The van der Waals surface area contributed by atoms with Crippen molar-refractivity contribution >= 4 is 28.3 Å². The normalized spacial score (nSPS) is 12.4. The number of benzene rings is 1. The molecule has 2 aromatic heterocycles. The fraction of sp³-hybridized carbons (Fsp3) is 0.214. The number of nitriles is 1. The van der Waals surface area contributed by atoms with Gasteiger partial charge in [0, 0.05) is 11.1 Å². The van der Waals surface area contributed by atoms with Gasteiger partial charge in [0.05, 0.1) is 28.7 Å². The Bertz CT molecular complexity index is 824. The molecule has 2 N–H and O–H groups in total. The number of nitrogens with zero attached hydrogens (tertiary/aromatic N) is 4. The summed E-state index contributed by atoms with van der Waals surface area (Å²) in [5.41, 5.74) is 9.29. The standard InChI is InChI=1S/C14H13N5S/c1-8-7-20-13(17-8)9(2)19-12-5-10(6-15)3-4-11(12)18-14(19)16/h3-5,7,9H,1-2H3,(H2,16,18). The number of nitrogen functional groups attached to an aromatic ring is 1. The minimum Gasteiger partial charge on any atom is -0.369 e. The molecule has 1 unspecified atom stereocenters. The number of rotatable bonds is 2. The zero-order valence-electron chi connectivity index (χ0n) is 11.2. The summed E-state index contributed by atoms with van der Waals surface area (Å²) in [4.78, 5) is 8.86. The molecule has 0 amide bonds. The molecule has 0 spiro atoms. The third kappa shape index (κ3) is 1.92. The van der Waals surface area contributed by atoms with Crippen LogP contribution in [0.25, 0.3) is 11.0 Å². The molecule has 0 fully saturated rings. The average Bonchev–Trinajstić information content (AvgIpc) is 3.00. The molecule has 0 saturated heterocycles. The Hall–Kier alpha value is -2.39. The van der Waals surface area contributed by atoms with E-state index in [1.807, 2.05) is 35.9 Å². The monoisotopic (exact) mass is 283 g/mol. The van der Waals surface area contributed by atoms with Crippen LogP contribution in [-0.2, 0) is 0 Å². The fourth-order valence-electron chi connectivity index (χ4n) is 2.26. The molecule has 0 aliphatic rings. The van der Waals surface area contributed by atoms with E-state index in [0.29, 0.717) is 11.5 Å². The molecule has 0 aliphatic carbocycles. The van der Waals surface area contributed by atoms with Crippen LogP contribution in [0.3, 0.4) is 0 Å². The smallest absolute Gasteiger partial charge is 0.201 e. The predicted molar refractivity (Wildman–Crippen MR) is 79.5 cm³/mol. The minimum atomic E-state index is -0.00681. The summed E-state index contributed by atoms with van der Waals surface area (Å²) in [7, 11) is 0. The van der Waals surface area contributed by atoms with E-state index >= 15 is 0 Å². The lowest BCUT2D eigenvalue weighted by Crippen LogP contribution is -2.10. The first-order valence-electron chi connectivity index (χ1n) is 6.19. The maximum atomic E-state index is 9.03. The quantitative estimate of drug-likeness (QED) is 0.784. The Morgan fingerprint density at radius 2 is 2.20 bits per heavy atom. The van der Waals surface area contributed by atoms with E-state index in [0.717, 1.165) is 21.7 Å². The Morgan fingerprint density at radius 1 is 1.40 bits per heavy atom. The summed E-state index contributed by atoms with van der Waals surface area (Å²) in [6.45, 7) is 4.00. The molecule has 3 rings (SSSR count). The predicted octanol–water partition coefficient (Wildman–Crippen LogP) is 2.86. The second-order valence-electron chi connectivity index (χ2n) is 4.66. The van der Waals surface area contributed by atoms with Gasteiger partial charge in [0.2, 0.25) is 5.95 Å². The van der Waals surface area contributed by atoms with Crippen molar-refractivity contribution in [2.45, 2.75) is 19.9 Å². The Balaban J connectivity index is 2.19. The highest BCUT2D eigenvalue weighted by Gasteiger charge is 2.18. The first-order valence-corrected chi connectivity index (χ1v) is 7.07. The zero-order chi connectivity index (χ0) is 14.3. The topological polar surface area (TPSA) is 80.5 Å². The number of fused-ring (bicyclic) bond motifs is 1. The molecule has 1 atom stereocenters. The molecule has 3 aromatic rings. The SMILES string of the molecule is Cc1csc(C(C)n2c(N)nc3ccc(C#N)cc32)n1. The second kappa shape index (κ2) is 4.62. The highest BCUT2D eigenvalue weighted by Crippen LogP contribution is 2.29. The van der Waals surface area contributed by atoms with Gasteiger partial charge >= 0.3 is 0 Å². The van der Waals surface area contributed by atoms with E-state index in [1.165, 1.54) is 0 Å². The van der Waals surface area contributed by atoms with Crippen LogP contribution in [0.1, 0.15) is 29.2 Å². The molecule has 2 heterocycles. The third-order valence-corrected chi connectivity index (χ3v) is 4.36. The Morgan fingerprint density at radius 3 is 2.85 bits per heavy atom. The van der Waals surface area contributed by atoms with Gasteiger partial charge in [-0.3, -0.25) is 0 Å². The third-order valence-electron chi connectivity index (χ3n) is 3.23. The van der Waals surface area contributed by atoms with Gasteiger partial charge in [-0.25, -0.2) is 9.97 Å². The number of hydrogen-bond acceptors (Lipinski definition) is 5. The summed E-state index contributed by atoms with van der Waals surface area (Å²) in [6.07, 6.45) is 0. The van der Waals surface area contributed by atoms with Crippen molar-refractivity contribution in [1.29, 1.82) is 5.26 Å². The van der Waals surface area contributed by atoms with Crippen LogP contribution in [0.5, 0.6) is 0 Å². The van der Waals surface area contributed by atoms with Gasteiger partial charge in [0.25, 0.3) is 0 Å². The first-order chi connectivity index (χ1) is 9.60. The molecule has 6 heteroatoms. The van der Waals surface area contributed by atoms with Crippen molar-refractivity contribution in [3.05, 3.63) is 39.8 Å². The molecule has 0 bridgehead atoms. The van der Waals surface area contributed by atoms with Crippen LogP contribution >= 0.6 is 11.3 Å². The van der Waals surface area contributed by atoms with Crippen LogP contribution in [0.4, 0.5) is 5.95 Å². The molecular weight excluding hydrogens is 270 g/mol. The van der Waals surface area contributed by atoms with Crippen molar-refractivity contribution in [2.24, 2.45) is 0 Å². The minimum absolute atomic E-state index is 0.00681. The molecule has 100 valence electrons. The first kappa shape index (κ1) is 12.6. The highest BCUT2D eigenvalue weighted by molar-refractivity contribution is 7.09. The lowest BCUT2D eigenvalue weighted by molar-refractivity contribution is 0.661. The van der Waals surface area contributed by atoms with E-state index in [-0.39, 0.29) is 6.04 Å². The Kier molecular flexibility index (Phi) is 2.92. The second-order valence-corrected chi connectivity index (χ2v) is 5.55. The summed E-state index contributed by atoms with van der Waals surface area (Å²) in [6, 6.07) is 7.52. The van der Waals surface area contributed by atoms with Gasteiger partial charge in [0.1, 0.15) is 5.01 Å². The number of imidazole rings is 1. The average molecular weight is 283 g/mol. The molecule has 0 radical (unpaired) electrons. The van der Waals surface area contributed by atoms with E-state index in [9.17, 15) is 0 Å². The number of thiazole rings is 1. The zero-order valence-corrected chi connectivity index (χ0v) is 12.0. The summed E-state index contributed by atoms with van der Waals surface area (Å²) in [5, 5.41) is 12.0. The lowest BCUT2D eigenvalue weighted by atomic mass is 10.2. The van der Waals surface area contributed by atoms with Crippen LogP contribution in [0.15, 0.2) is 23.6 Å². The van der Waals surface area contributed by atoms with Crippen molar-refractivity contribution in [1.82, 2.24) is 14.5 Å². The summed E-state index contributed by atoms with van der Waals surface area (Å²) < 4.78 is 1.93. The summed E-state index contributed by atoms with van der Waals surface area (Å²) in [5.74, 6) is 0.440. The van der Waals surface area contributed by atoms with Crippen molar-refractivity contribution in [3.8, 4) is 6.07 Å². The maximum Gasteiger partial charge on any atom is 0.201 e. The van der Waals surface area contributed by atoms with Gasteiger partial charge < -0.3 is 10.3 Å². The molecule has 1 aromatic carbocycles. The van der Waals surface area contributed by atoms with Crippen molar-refractivity contribution in [2.75, 3.05) is 5.73 Å². The number of nitrogens with two attached hydrogens (primary N) is 1. The molecular formula is C14H13N5S. The summed E-state index contributed by atoms with van der Waals surface area (Å²) >= 11 is 1.60. The molecule has 0 saturated carbocycles. The van der Waals surface area contributed by atoms with Gasteiger partial charge in [-0.05, 0) is 32.0 Å². The van der Waals surface area contributed by atoms with Crippen molar-refractivity contribution < 1.29 is 0 Å². The number of hydrogen-bond donors (Lipinski definition) is 1. The Labute approximate surface area is 120 Å². The molecule has 20 heavy (non-hydrogen) atoms. The van der Waals surface area contributed by atoms with Gasteiger partial charge in [-0.15, -0.1) is 11.3 Å². The van der Waals surface area contributed by atoms with Crippen LogP contribution < -0.4 is 5.73 Å². The van der Waals surface area contributed by atoms with E-state index in [4.69, 9.17) is 11.0 Å². The number of aryl methyl sites for hydroxylation is 1.